The van der Waals surface area contributed by atoms with Gasteiger partial charge in [0.1, 0.15) is 0 Å². The van der Waals surface area contributed by atoms with E-state index < -0.39 is 21.2 Å². The largest absolute Gasteiger partial charge is 0.472 e. The van der Waals surface area contributed by atoms with Gasteiger partial charge in [-0.1, -0.05) is 27.2 Å². The molecule has 0 aromatic heterocycles. The van der Waals surface area contributed by atoms with Crippen molar-refractivity contribution in [3.8, 4) is 0 Å². The van der Waals surface area contributed by atoms with E-state index in [0.717, 1.165) is 6.42 Å². The molecule has 0 aliphatic rings. The smallest absolute Gasteiger partial charge is 0.303 e. The summed E-state index contributed by atoms with van der Waals surface area (Å²) < 4.78 is 38.1. The first-order valence-electron chi connectivity index (χ1n) is 8.74. The molecule has 0 heterocycles. The number of phosphoric ester groups is 2. The van der Waals surface area contributed by atoms with Crippen molar-refractivity contribution in [1.29, 1.82) is 0 Å². The molecule has 0 aliphatic carbocycles. The molecule has 12 heteroatoms. The lowest BCUT2D eigenvalue weighted by atomic mass is 9.46. The SMILES string of the molecule is BBC(COP(=O)(O)O)CC(C)(CC)OP(=O)(O)OCCC(C)CC. The first kappa shape index (κ1) is 25.3. The van der Waals surface area contributed by atoms with Gasteiger partial charge in [-0.25, -0.2) is 9.13 Å². The van der Waals surface area contributed by atoms with Crippen molar-refractivity contribution in [2.45, 2.75) is 64.8 Å². The third-order valence-corrected chi connectivity index (χ3v) is 6.09. The summed E-state index contributed by atoms with van der Waals surface area (Å²) in [5.41, 5.74) is -0.959. The molecular weight excluding hydrogens is 368 g/mol. The Morgan fingerprint density at radius 2 is 1.80 bits per heavy atom. The van der Waals surface area contributed by atoms with Crippen molar-refractivity contribution in [3.05, 3.63) is 0 Å². The predicted octanol–water partition coefficient (Wildman–Crippen LogP) is 2.00. The molecule has 0 bridgehead atoms. The van der Waals surface area contributed by atoms with Crippen LogP contribution in [0.4, 0.5) is 0 Å². The van der Waals surface area contributed by atoms with E-state index in [1.807, 2.05) is 28.5 Å². The predicted molar refractivity (Wildman–Crippen MR) is 102 cm³/mol. The van der Waals surface area contributed by atoms with E-state index in [1.165, 1.54) is 0 Å². The fourth-order valence-corrected chi connectivity index (χ4v) is 3.81. The molecule has 0 aliphatic heterocycles. The molecule has 8 nitrogen and oxygen atoms in total. The molecule has 148 valence electrons. The maximum Gasteiger partial charge on any atom is 0.472 e. The van der Waals surface area contributed by atoms with Crippen LogP contribution < -0.4 is 0 Å². The van der Waals surface area contributed by atoms with Gasteiger partial charge in [0.15, 0.2) is 0 Å². The van der Waals surface area contributed by atoms with Gasteiger partial charge in [0.2, 0.25) is 0 Å². The Labute approximate surface area is 152 Å². The summed E-state index contributed by atoms with van der Waals surface area (Å²) in [6.07, 6.45) is 2.39. The third-order valence-electron chi connectivity index (χ3n) is 4.42. The first-order valence-corrected chi connectivity index (χ1v) is 11.8. The van der Waals surface area contributed by atoms with Gasteiger partial charge < -0.3 is 14.7 Å². The number of hydrogen-bond donors (Lipinski definition) is 3. The van der Waals surface area contributed by atoms with Crippen molar-refractivity contribution in [2.75, 3.05) is 13.2 Å². The minimum Gasteiger partial charge on any atom is -0.303 e. The average molecular weight is 400 g/mol. The van der Waals surface area contributed by atoms with Gasteiger partial charge >= 0.3 is 15.6 Å². The zero-order chi connectivity index (χ0) is 19.7. The molecule has 0 amide bonds. The topological polar surface area (TPSA) is 123 Å². The van der Waals surface area contributed by atoms with Crippen LogP contribution in [-0.4, -0.2) is 48.4 Å². The van der Waals surface area contributed by atoms with Crippen molar-refractivity contribution in [1.82, 2.24) is 0 Å². The van der Waals surface area contributed by atoms with Crippen LogP contribution in [0.1, 0.15) is 53.4 Å². The standard InChI is InChI=1S/C13H32B2O8P2/c1-5-11(3)7-8-21-25(19,20)23-13(4,6-2)9-12(15-14)10-22-24(16,17)18/h11-12,15H,5-10,14H2,1-4H3,(H,19,20)(H2,16,17,18). The summed E-state index contributed by atoms with van der Waals surface area (Å²) in [5.74, 6) is 0.171. The zero-order valence-electron chi connectivity index (χ0n) is 15.9. The Morgan fingerprint density at radius 3 is 2.24 bits per heavy atom. The van der Waals surface area contributed by atoms with Crippen LogP contribution in [-0.2, 0) is 22.7 Å². The van der Waals surface area contributed by atoms with Gasteiger partial charge in [-0.3, -0.25) is 13.6 Å². The summed E-state index contributed by atoms with van der Waals surface area (Å²) in [6, 6.07) is 0. The van der Waals surface area contributed by atoms with E-state index in [4.69, 9.17) is 18.8 Å². The van der Waals surface area contributed by atoms with Crippen molar-refractivity contribution >= 4 is 30.6 Å². The number of hydrogen-bond acceptors (Lipinski definition) is 5. The quantitative estimate of drug-likeness (QED) is 0.299. The molecule has 0 rings (SSSR count). The van der Waals surface area contributed by atoms with Crippen LogP contribution in [0.25, 0.3) is 0 Å². The molecule has 4 unspecified atom stereocenters. The highest BCUT2D eigenvalue weighted by Gasteiger charge is 2.36. The molecule has 0 aromatic rings. The molecular formula is C13H32B2O8P2. The van der Waals surface area contributed by atoms with Crippen LogP contribution >= 0.6 is 15.6 Å². The third kappa shape index (κ3) is 12.4. The maximum atomic E-state index is 12.2. The second-order valence-corrected chi connectivity index (χ2v) is 9.38. The lowest BCUT2D eigenvalue weighted by Gasteiger charge is -2.33. The molecule has 25 heavy (non-hydrogen) atoms. The summed E-state index contributed by atoms with van der Waals surface area (Å²) in [6.45, 7) is 7.57. The fraction of sp³-hybridized carbons (Fsp3) is 1.00. The van der Waals surface area contributed by atoms with Crippen LogP contribution in [0, 0.1) is 5.92 Å². The van der Waals surface area contributed by atoms with E-state index in [1.54, 1.807) is 6.92 Å². The molecule has 0 saturated carbocycles. The van der Waals surface area contributed by atoms with Gasteiger partial charge in [-0.2, -0.15) is 0 Å². The van der Waals surface area contributed by atoms with Crippen LogP contribution in [0.15, 0.2) is 0 Å². The molecule has 0 aromatic carbocycles. The van der Waals surface area contributed by atoms with E-state index >= 15 is 0 Å². The Balaban J connectivity index is 4.72. The monoisotopic (exact) mass is 400 g/mol. The highest BCUT2D eigenvalue weighted by Crippen LogP contribution is 2.50. The second kappa shape index (κ2) is 11.3. The van der Waals surface area contributed by atoms with Crippen LogP contribution in [0.5, 0.6) is 0 Å². The van der Waals surface area contributed by atoms with Gasteiger partial charge in [0.25, 0.3) is 0 Å². The maximum absolute atomic E-state index is 12.2. The van der Waals surface area contributed by atoms with E-state index in [0.29, 0.717) is 32.4 Å². The van der Waals surface area contributed by atoms with Gasteiger partial charge in [-0.15, -0.1) is 0 Å². The van der Waals surface area contributed by atoms with E-state index in [2.05, 4.69) is 4.52 Å². The molecule has 4 atom stereocenters. The zero-order valence-corrected chi connectivity index (χ0v) is 17.7. The van der Waals surface area contributed by atoms with Crippen molar-refractivity contribution < 1.29 is 37.4 Å². The second-order valence-electron chi connectivity index (χ2n) is 6.76. The van der Waals surface area contributed by atoms with Gasteiger partial charge in [0.05, 0.1) is 33.7 Å². The van der Waals surface area contributed by atoms with Gasteiger partial charge in [-0.05, 0) is 37.9 Å². The molecule has 0 fully saturated rings. The van der Waals surface area contributed by atoms with Crippen molar-refractivity contribution in [3.63, 3.8) is 0 Å². The summed E-state index contributed by atoms with van der Waals surface area (Å²) in [7, 11) is -6.32. The lowest BCUT2D eigenvalue weighted by molar-refractivity contribution is 0.0199. The number of rotatable bonds is 14. The Bertz CT molecular complexity index is 475. The summed E-state index contributed by atoms with van der Waals surface area (Å²) >= 11 is 0. The highest BCUT2D eigenvalue weighted by atomic mass is 31.2. The van der Waals surface area contributed by atoms with Crippen LogP contribution in [0.2, 0.25) is 5.82 Å². The Morgan fingerprint density at radius 1 is 1.20 bits per heavy atom. The minimum absolute atomic E-state index is 0.140. The average Bonchev–Trinajstić information content (AvgIpc) is 2.49. The van der Waals surface area contributed by atoms with Gasteiger partial charge in [0, 0.05) is 0 Å². The summed E-state index contributed by atoms with van der Waals surface area (Å²) in [5, 5.41) is 0. The van der Waals surface area contributed by atoms with E-state index in [-0.39, 0.29) is 19.0 Å². The Hall–Kier alpha value is 0.350. The minimum atomic E-state index is -4.54. The fourth-order valence-electron chi connectivity index (χ4n) is 2.26. The summed E-state index contributed by atoms with van der Waals surface area (Å²) in [4.78, 5) is 27.6. The van der Waals surface area contributed by atoms with Crippen LogP contribution in [0.3, 0.4) is 0 Å². The van der Waals surface area contributed by atoms with Crippen molar-refractivity contribution in [2.24, 2.45) is 5.92 Å². The normalized spacial score (nSPS) is 19.6. The van der Waals surface area contributed by atoms with E-state index in [9.17, 15) is 14.0 Å². The highest BCUT2D eigenvalue weighted by molar-refractivity contribution is 7.47. The number of phosphoric acid groups is 2. The molecule has 0 spiro atoms. The molecule has 0 saturated heterocycles. The molecule has 3 N–H and O–H groups in total. The lowest BCUT2D eigenvalue weighted by Crippen LogP contribution is -2.31. The Kier molecular flexibility index (Phi) is 11.4. The first-order chi connectivity index (χ1) is 11.4. The molecule has 0 radical (unpaired) electrons.